The van der Waals surface area contributed by atoms with Crippen LogP contribution in [0.1, 0.15) is 25.3 Å². The molecule has 2 unspecified atom stereocenters. The molecule has 17 heavy (non-hydrogen) atoms. The van der Waals surface area contributed by atoms with Crippen molar-refractivity contribution < 1.29 is 13.5 Å². The van der Waals surface area contributed by atoms with Gasteiger partial charge in [0.15, 0.2) is 0 Å². The van der Waals surface area contributed by atoms with Crippen molar-refractivity contribution in [3.05, 3.63) is 29.8 Å². The zero-order chi connectivity index (χ0) is 12.5. The van der Waals surface area contributed by atoms with E-state index in [1.165, 1.54) is 0 Å². The van der Waals surface area contributed by atoms with Crippen molar-refractivity contribution in [2.45, 2.75) is 31.8 Å². The van der Waals surface area contributed by atoms with E-state index in [1.807, 2.05) is 12.1 Å². The molecular weight excluding hydrogens is 224 g/mol. The van der Waals surface area contributed by atoms with Gasteiger partial charge in [0, 0.05) is 12.0 Å². The lowest BCUT2D eigenvalue weighted by atomic mass is 9.92. The normalized spacial score (nSPS) is 27.2. The quantitative estimate of drug-likeness (QED) is 0.860. The number of rotatable bonds is 5. The van der Waals surface area contributed by atoms with Gasteiger partial charge < -0.3 is 10.5 Å². The molecule has 0 aliphatic heterocycles. The molecule has 1 fully saturated rings. The van der Waals surface area contributed by atoms with Gasteiger partial charge in [-0.2, -0.15) is 8.78 Å². The molecule has 4 heteroatoms. The summed E-state index contributed by atoms with van der Waals surface area (Å²) in [5.74, 6) is 0.819. The molecular formula is C13H17F2NO. The van der Waals surface area contributed by atoms with E-state index in [0.717, 1.165) is 18.4 Å². The maximum absolute atomic E-state index is 12.0. The number of nitrogens with two attached hydrogens (primary N) is 1. The fourth-order valence-electron chi connectivity index (χ4n) is 2.61. The van der Waals surface area contributed by atoms with Crippen molar-refractivity contribution in [2.24, 2.45) is 11.7 Å². The van der Waals surface area contributed by atoms with Crippen LogP contribution in [0.4, 0.5) is 8.78 Å². The summed E-state index contributed by atoms with van der Waals surface area (Å²) >= 11 is 0. The first-order chi connectivity index (χ1) is 8.12. The van der Waals surface area contributed by atoms with E-state index in [4.69, 9.17) is 5.73 Å². The van der Waals surface area contributed by atoms with Gasteiger partial charge in [0.1, 0.15) is 5.75 Å². The van der Waals surface area contributed by atoms with Crippen LogP contribution in [0, 0.1) is 5.92 Å². The summed E-state index contributed by atoms with van der Waals surface area (Å²) in [7, 11) is 0. The molecule has 1 aromatic rings. The minimum Gasteiger partial charge on any atom is -0.435 e. The van der Waals surface area contributed by atoms with Crippen molar-refractivity contribution in [1.29, 1.82) is 0 Å². The zero-order valence-electron chi connectivity index (χ0n) is 9.83. The maximum Gasteiger partial charge on any atom is 0.387 e. The highest BCUT2D eigenvalue weighted by atomic mass is 19.3. The van der Waals surface area contributed by atoms with Gasteiger partial charge in [0.25, 0.3) is 0 Å². The fourth-order valence-corrected chi connectivity index (χ4v) is 2.61. The second kappa shape index (κ2) is 4.61. The zero-order valence-corrected chi connectivity index (χ0v) is 9.83. The SMILES string of the molecule is CCC1CC1(CN)c1ccc(OC(F)F)cc1. The van der Waals surface area contributed by atoms with E-state index in [9.17, 15) is 8.78 Å². The third-order valence-electron chi connectivity index (χ3n) is 3.74. The molecule has 0 spiro atoms. The van der Waals surface area contributed by atoms with Crippen LogP contribution < -0.4 is 10.5 Å². The van der Waals surface area contributed by atoms with Crippen LogP contribution in [-0.4, -0.2) is 13.2 Å². The number of ether oxygens (including phenoxy) is 1. The summed E-state index contributed by atoms with van der Waals surface area (Å²) < 4.78 is 28.3. The lowest BCUT2D eigenvalue weighted by Gasteiger charge is -2.16. The van der Waals surface area contributed by atoms with Crippen LogP contribution in [0.25, 0.3) is 0 Å². The largest absolute Gasteiger partial charge is 0.435 e. The minimum absolute atomic E-state index is 0.0676. The molecule has 94 valence electrons. The Kier molecular flexibility index (Phi) is 3.33. The second-order valence-corrected chi connectivity index (χ2v) is 4.57. The first-order valence-electron chi connectivity index (χ1n) is 5.88. The van der Waals surface area contributed by atoms with Crippen LogP contribution >= 0.6 is 0 Å². The van der Waals surface area contributed by atoms with Gasteiger partial charge in [-0.25, -0.2) is 0 Å². The van der Waals surface area contributed by atoms with Gasteiger partial charge in [-0.3, -0.25) is 0 Å². The summed E-state index contributed by atoms with van der Waals surface area (Å²) in [4.78, 5) is 0. The van der Waals surface area contributed by atoms with Gasteiger partial charge in [0.05, 0.1) is 0 Å². The van der Waals surface area contributed by atoms with Crippen molar-refractivity contribution in [2.75, 3.05) is 6.54 Å². The lowest BCUT2D eigenvalue weighted by molar-refractivity contribution is -0.0498. The minimum atomic E-state index is -2.77. The van der Waals surface area contributed by atoms with Gasteiger partial charge in [0.2, 0.25) is 0 Å². The third kappa shape index (κ3) is 2.27. The Balaban J connectivity index is 2.13. The number of hydrogen-bond acceptors (Lipinski definition) is 2. The Morgan fingerprint density at radius 2 is 2.06 bits per heavy atom. The molecule has 2 nitrogen and oxygen atoms in total. The van der Waals surface area contributed by atoms with E-state index < -0.39 is 6.61 Å². The molecule has 0 heterocycles. The molecule has 0 radical (unpaired) electrons. The summed E-state index contributed by atoms with van der Waals surface area (Å²) in [6, 6.07) is 6.87. The highest BCUT2D eigenvalue weighted by Gasteiger charge is 2.52. The summed E-state index contributed by atoms with van der Waals surface area (Å²) in [5, 5.41) is 0. The van der Waals surface area contributed by atoms with Gasteiger partial charge in [-0.15, -0.1) is 0 Å². The van der Waals surface area contributed by atoms with Crippen LogP contribution in [0.5, 0.6) is 5.75 Å². The molecule has 0 aromatic heterocycles. The fraction of sp³-hybridized carbons (Fsp3) is 0.538. The Bertz CT molecular complexity index is 380. The Labute approximate surface area is 99.8 Å². The van der Waals surface area contributed by atoms with E-state index in [2.05, 4.69) is 11.7 Å². The average molecular weight is 241 g/mol. The third-order valence-corrected chi connectivity index (χ3v) is 3.74. The van der Waals surface area contributed by atoms with Gasteiger partial charge in [-0.05, 0) is 30.0 Å². The molecule has 2 rings (SSSR count). The summed E-state index contributed by atoms with van der Waals surface area (Å²) in [6.45, 7) is -0.00896. The van der Waals surface area contributed by atoms with Crippen molar-refractivity contribution >= 4 is 0 Å². The van der Waals surface area contributed by atoms with Gasteiger partial charge >= 0.3 is 6.61 Å². The Morgan fingerprint density at radius 1 is 1.41 bits per heavy atom. The monoisotopic (exact) mass is 241 g/mol. The molecule has 2 atom stereocenters. The first kappa shape index (κ1) is 12.3. The van der Waals surface area contributed by atoms with Crippen LogP contribution in [-0.2, 0) is 5.41 Å². The van der Waals surface area contributed by atoms with Crippen LogP contribution in [0.2, 0.25) is 0 Å². The predicted molar refractivity (Wildman–Crippen MR) is 62.2 cm³/mol. The Hall–Kier alpha value is -1.16. The Morgan fingerprint density at radius 3 is 2.47 bits per heavy atom. The smallest absolute Gasteiger partial charge is 0.387 e. The van der Waals surface area contributed by atoms with Crippen molar-refractivity contribution in [3.8, 4) is 5.75 Å². The average Bonchev–Trinajstić information content (AvgIpc) is 3.04. The second-order valence-electron chi connectivity index (χ2n) is 4.57. The molecule has 1 saturated carbocycles. The molecule has 0 amide bonds. The van der Waals surface area contributed by atoms with E-state index in [0.29, 0.717) is 12.5 Å². The van der Waals surface area contributed by atoms with E-state index >= 15 is 0 Å². The van der Waals surface area contributed by atoms with E-state index in [1.54, 1.807) is 12.1 Å². The highest BCUT2D eigenvalue weighted by Crippen LogP contribution is 2.55. The molecule has 0 saturated heterocycles. The van der Waals surface area contributed by atoms with Crippen molar-refractivity contribution in [1.82, 2.24) is 0 Å². The summed E-state index contributed by atoms with van der Waals surface area (Å²) in [5.41, 5.74) is 7.03. The van der Waals surface area contributed by atoms with Crippen LogP contribution in [0.15, 0.2) is 24.3 Å². The topological polar surface area (TPSA) is 35.2 Å². The first-order valence-corrected chi connectivity index (χ1v) is 5.88. The number of benzene rings is 1. The molecule has 0 bridgehead atoms. The summed E-state index contributed by atoms with van der Waals surface area (Å²) in [6.07, 6.45) is 2.20. The van der Waals surface area contributed by atoms with E-state index in [-0.39, 0.29) is 11.2 Å². The predicted octanol–water partition coefficient (Wildman–Crippen LogP) is 2.91. The van der Waals surface area contributed by atoms with Crippen molar-refractivity contribution in [3.63, 3.8) is 0 Å². The number of halogens is 2. The molecule has 1 aliphatic carbocycles. The number of alkyl halides is 2. The molecule has 2 N–H and O–H groups in total. The lowest BCUT2D eigenvalue weighted by Crippen LogP contribution is -2.22. The highest BCUT2D eigenvalue weighted by molar-refractivity contribution is 5.38. The van der Waals surface area contributed by atoms with Gasteiger partial charge in [-0.1, -0.05) is 25.5 Å². The standard InChI is InChI=1S/C13H17F2NO/c1-2-9-7-13(9,8-16)10-3-5-11(6-4-10)17-12(14)15/h3-6,9,12H,2,7-8,16H2,1H3. The maximum atomic E-state index is 12.0. The molecule has 1 aromatic carbocycles. The molecule has 1 aliphatic rings. The number of hydrogen-bond donors (Lipinski definition) is 1. The van der Waals surface area contributed by atoms with Crippen LogP contribution in [0.3, 0.4) is 0 Å².